The fraction of sp³-hybridized carbons (Fsp3) is 0.929. The molecule has 1 fully saturated rings. The van der Waals surface area contributed by atoms with Crippen LogP contribution < -0.4 is 5.32 Å². The fourth-order valence-corrected chi connectivity index (χ4v) is 2.32. The summed E-state index contributed by atoms with van der Waals surface area (Å²) in [6, 6.07) is 0. The molecule has 4 heteroatoms. The predicted octanol–water partition coefficient (Wildman–Crippen LogP) is 1.18. The maximum absolute atomic E-state index is 11.7. The molecule has 1 atom stereocenters. The summed E-state index contributed by atoms with van der Waals surface area (Å²) in [6.07, 6.45) is 3.13. The number of carbonyl (C=O) groups excluding carboxylic acids is 1. The Morgan fingerprint density at radius 3 is 2.56 bits per heavy atom. The minimum atomic E-state index is 0.165. The molecule has 0 saturated carbocycles. The zero-order valence-corrected chi connectivity index (χ0v) is 12.2. The first-order valence-corrected chi connectivity index (χ1v) is 7.32. The van der Waals surface area contributed by atoms with Crippen LogP contribution in [0, 0.1) is 5.92 Å². The van der Waals surface area contributed by atoms with Crippen LogP contribution in [-0.2, 0) is 4.79 Å². The average molecular weight is 255 g/mol. The number of amides is 1. The molecular weight excluding hydrogens is 226 g/mol. The Hall–Kier alpha value is -0.610. The number of hydrogen-bond acceptors (Lipinski definition) is 3. The van der Waals surface area contributed by atoms with Crippen molar-refractivity contribution in [3.63, 3.8) is 0 Å². The van der Waals surface area contributed by atoms with Crippen LogP contribution in [0.15, 0.2) is 0 Å². The smallest absolute Gasteiger partial charge is 0.222 e. The third kappa shape index (κ3) is 5.83. The highest BCUT2D eigenvalue weighted by molar-refractivity contribution is 5.78. The summed E-state index contributed by atoms with van der Waals surface area (Å²) < 4.78 is 0. The zero-order chi connectivity index (χ0) is 13.4. The average Bonchev–Trinajstić information content (AvgIpc) is 2.36. The fourth-order valence-electron chi connectivity index (χ4n) is 2.32. The van der Waals surface area contributed by atoms with Gasteiger partial charge in [-0.25, -0.2) is 0 Å². The lowest BCUT2D eigenvalue weighted by Gasteiger charge is -2.32. The molecule has 0 radical (unpaired) electrons. The number of hydrogen-bond donors (Lipinski definition) is 1. The van der Waals surface area contributed by atoms with Gasteiger partial charge in [0.15, 0.2) is 0 Å². The van der Waals surface area contributed by atoms with Gasteiger partial charge in [0.1, 0.15) is 0 Å². The van der Waals surface area contributed by atoms with E-state index >= 15 is 0 Å². The zero-order valence-electron chi connectivity index (χ0n) is 12.2. The summed E-state index contributed by atoms with van der Waals surface area (Å²) in [4.78, 5) is 16.5. The van der Waals surface area contributed by atoms with E-state index in [1.807, 2.05) is 6.92 Å². The third-order valence-corrected chi connectivity index (χ3v) is 3.72. The Kier molecular flexibility index (Phi) is 7.28. The molecule has 1 rings (SSSR count). The van der Waals surface area contributed by atoms with Crippen LogP contribution in [0.3, 0.4) is 0 Å². The van der Waals surface area contributed by atoms with Gasteiger partial charge in [-0.1, -0.05) is 20.3 Å². The second-order valence-corrected chi connectivity index (χ2v) is 5.48. The number of carbonyl (C=O) groups is 1. The van der Waals surface area contributed by atoms with E-state index in [9.17, 15) is 4.79 Å². The molecular formula is C14H29N3O. The second kappa shape index (κ2) is 8.48. The van der Waals surface area contributed by atoms with Crippen molar-refractivity contribution in [1.82, 2.24) is 15.1 Å². The summed E-state index contributed by atoms with van der Waals surface area (Å²) in [6.45, 7) is 10.7. The van der Waals surface area contributed by atoms with Gasteiger partial charge < -0.3 is 15.1 Å². The van der Waals surface area contributed by atoms with E-state index in [0.717, 1.165) is 45.4 Å². The van der Waals surface area contributed by atoms with Crippen LogP contribution in [-0.4, -0.2) is 62.0 Å². The van der Waals surface area contributed by atoms with Crippen LogP contribution in [0.4, 0.5) is 0 Å². The van der Waals surface area contributed by atoms with E-state index in [1.54, 1.807) is 0 Å². The molecule has 0 aromatic carbocycles. The van der Waals surface area contributed by atoms with Crippen molar-refractivity contribution in [2.24, 2.45) is 5.92 Å². The van der Waals surface area contributed by atoms with Crippen molar-refractivity contribution in [2.45, 2.75) is 33.1 Å². The molecule has 1 amide bonds. The molecule has 1 aliphatic heterocycles. The van der Waals surface area contributed by atoms with Gasteiger partial charge in [0.05, 0.1) is 0 Å². The first-order valence-electron chi connectivity index (χ1n) is 7.32. The molecule has 0 aromatic rings. The quantitative estimate of drug-likeness (QED) is 0.694. The number of piperazine rings is 1. The van der Waals surface area contributed by atoms with Crippen LogP contribution in [0.25, 0.3) is 0 Å². The Morgan fingerprint density at radius 2 is 1.94 bits per heavy atom. The maximum atomic E-state index is 11.7. The molecule has 0 aromatic heterocycles. The third-order valence-electron chi connectivity index (χ3n) is 3.72. The van der Waals surface area contributed by atoms with Gasteiger partial charge in [-0.2, -0.15) is 0 Å². The topological polar surface area (TPSA) is 35.6 Å². The number of rotatable bonds is 7. The standard InChI is InChI=1S/C14H29N3O/c1-4-6-13(2)14(18)15-7-5-8-17-11-9-16(3)10-12-17/h13H,4-12H2,1-3H3,(H,15,18). The Labute approximate surface area is 112 Å². The lowest BCUT2D eigenvalue weighted by molar-refractivity contribution is -0.124. The van der Waals surface area contributed by atoms with Crippen molar-refractivity contribution in [2.75, 3.05) is 46.3 Å². The summed E-state index contributed by atoms with van der Waals surface area (Å²) in [7, 11) is 2.17. The van der Waals surface area contributed by atoms with E-state index < -0.39 is 0 Å². The lowest BCUT2D eigenvalue weighted by atomic mass is 10.1. The summed E-state index contributed by atoms with van der Waals surface area (Å²) in [5.74, 6) is 0.383. The normalized spacial score (nSPS) is 19.7. The summed E-state index contributed by atoms with van der Waals surface area (Å²) in [5, 5.41) is 3.04. The molecule has 0 aliphatic carbocycles. The van der Waals surface area contributed by atoms with Crippen LogP contribution in [0.1, 0.15) is 33.1 Å². The Bertz CT molecular complexity index is 237. The predicted molar refractivity (Wildman–Crippen MR) is 75.6 cm³/mol. The summed E-state index contributed by atoms with van der Waals surface area (Å²) in [5.41, 5.74) is 0. The highest BCUT2D eigenvalue weighted by atomic mass is 16.1. The number of nitrogens with zero attached hydrogens (tertiary/aromatic N) is 2. The summed E-state index contributed by atoms with van der Waals surface area (Å²) >= 11 is 0. The van der Waals surface area contributed by atoms with Crippen molar-refractivity contribution in [3.05, 3.63) is 0 Å². The highest BCUT2D eigenvalue weighted by Crippen LogP contribution is 2.04. The molecule has 1 heterocycles. The van der Waals surface area contributed by atoms with Crippen LogP contribution in [0.5, 0.6) is 0 Å². The largest absolute Gasteiger partial charge is 0.356 e. The molecule has 1 aliphatic rings. The molecule has 0 spiro atoms. The Morgan fingerprint density at radius 1 is 1.28 bits per heavy atom. The van der Waals surface area contributed by atoms with Crippen molar-refractivity contribution >= 4 is 5.91 Å². The lowest BCUT2D eigenvalue weighted by Crippen LogP contribution is -2.45. The van der Waals surface area contributed by atoms with Crippen molar-refractivity contribution in [1.29, 1.82) is 0 Å². The van der Waals surface area contributed by atoms with E-state index in [2.05, 4.69) is 29.1 Å². The van der Waals surface area contributed by atoms with Gasteiger partial charge >= 0.3 is 0 Å². The van der Waals surface area contributed by atoms with E-state index in [-0.39, 0.29) is 11.8 Å². The van der Waals surface area contributed by atoms with Gasteiger partial charge in [-0.3, -0.25) is 4.79 Å². The first-order chi connectivity index (χ1) is 8.63. The minimum absolute atomic E-state index is 0.165. The van der Waals surface area contributed by atoms with Gasteiger partial charge in [0, 0.05) is 38.6 Å². The number of nitrogens with one attached hydrogen (secondary N) is 1. The van der Waals surface area contributed by atoms with Gasteiger partial charge in [0.2, 0.25) is 5.91 Å². The molecule has 1 N–H and O–H groups in total. The van der Waals surface area contributed by atoms with Crippen molar-refractivity contribution < 1.29 is 4.79 Å². The molecule has 1 saturated heterocycles. The molecule has 4 nitrogen and oxygen atoms in total. The van der Waals surface area contributed by atoms with E-state index in [4.69, 9.17) is 0 Å². The molecule has 18 heavy (non-hydrogen) atoms. The number of likely N-dealkylation sites (N-methyl/N-ethyl adjacent to an activating group) is 1. The van der Waals surface area contributed by atoms with E-state index in [0.29, 0.717) is 0 Å². The Balaban J connectivity index is 2.02. The van der Waals surface area contributed by atoms with Gasteiger partial charge in [0.25, 0.3) is 0 Å². The van der Waals surface area contributed by atoms with Crippen LogP contribution >= 0.6 is 0 Å². The molecule has 0 bridgehead atoms. The highest BCUT2D eigenvalue weighted by Gasteiger charge is 2.14. The minimum Gasteiger partial charge on any atom is -0.356 e. The van der Waals surface area contributed by atoms with Gasteiger partial charge in [-0.05, 0) is 26.4 Å². The second-order valence-electron chi connectivity index (χ2n) is 5.48. The SMILES string of the molecule is CCCC(C)C(=O)NCCCN1CCN(C)CC1. The molecule has 106 valence electrons. The molecule has 1 unspecified atom stereocenters. The maximum Gasteiger partial charge on any atom is 0.222 e. The van der Waals surface area contributed by atoms with Crippen molar-refractivity contribution in [3.8, 4) is 0 Å². The van der Waals surface area contributed by atoms with Crippen LogP contribution in [0.2, 0.25) is 0 Å². The first kappa shape index (κ1) is 15.4. The monoisotopic (exact) mass is 255 g/mol. The van der Waals surface area contributed by atoms with Gasteiger partial charge in [-0.15, -0.1) is 0 Å². The van der Waals surface area contributed by atoms with E-state index in [1.165, 1.54) is 13.1 Å².